The second kappa shape index (κ2) is 4.71. The Labute approximate surface area is 111 Å². The molecule has 1 aromatic heterocycles. The van der Waals surface area contributed by atoms with E-state index >= 15 is 0 Å². The average Bonchev–Trinajstić information content (AvgIpc) is 2.38. The largest absolute Gasteiger partial charge is 0.338 e. The topological polar surface area (TPSA) is 41.1 Å². The van der Waals surface area contributed by atoms with Crippen LogP contribution in [0.2, 0.25) is 5.02 Å². The molecule has 94 valence electrons. The van der Waals surface area contributed by atoms with Gasteiger partial charge in [-0.05, 0) is 25.1 Å². The third-order valence-corrected chi connectivity index (χ3v) is 3.42. The Kier molecular flexibility index (Phi) is 3.06. The van der Waals surface area contributed by atoms with Crippen molar-refractivity contribution in [1.29, 1.82) is 0 Å². The quantitative estimate of drug-likeness (QED) is 0.854. The number of nitrogens with one attached hydrogen (secondary N) is 1. The summed E-state index contributed by atoms with van der Waals surface area (Å²) in [6.07, 6.45) is 1.84. The molecule has 2 heterocycles. The van der Waals surface area contributed by atoms with Gasteiger partial charge in [0.2, 0.25) is 5.95 Å². The summed E-state index contributed by atoms with van der Waals surface area (Å²) in [5.41, 5.74) is 0.940. The van der Waals surface area contributed by atoms with Crippen LogP contribution < -0.4 is 10.2 Å². The molecule has 0 unspecified atom stereocenters. The first-order valence-electron chi connectivity index (χ1n) is 6.13. The van der Waals surface area contributed by atoms with E-state index in [9.17, 15) is 0 Å². The SMILES string of the molecule is C[C@H]1CN(c2ncc3cc(Cl)ccc3n2)CCN1. The summed E-state index contributed by atoms with van der Waals surface area (Å²) < 4.78 is 0. The molecule has 1 fully saturated rings. The fraction of sp³-hybridized carbons (Fsp3) is 0.385. The van der Waals surface area contributed by atoms with Crippen LogP contribution >= 0.6 is 11.6 Å². The van der Waals surface area contributed by atoms with Gasteiger partial charge in [-0.25, -0.2) is 9.97 Å². The van der Waals surface area contributed by atoms with E-state index in [1.54, 1.807) is 0 Å². The molecular formula is C13H15ClN4. The van der Waals surface area contributed by atoms with Gasteiger partial charge in [0.25, 0.3) is 0 Å². The number of rotatable bonds is 1. The Morgan fingerprint density at radius 1 is 1.44 bits per heavy atom. The lowest BCUT2D eigenvalue weighted by atomic mass is 10.2. The summed E-state index contributed by atoms with van der Waals surface area (Å²) in [6, 6.07) is 6.17. The molecule has 1 saturated heterocycles. The van der Waals surface area contributed by atoms with E-state index in [0.29, 0.717) is 6.04 Å². The highest BCUT2D eigenvalue weighted by Crippen LogP contribution is 2.19. The summed E-state index contributed by atoms with van der Waals surface area (Å²) >= 11 is 5.95. The minimum Gasteiger partial charge on any atom is -0.338 e. The van der Waals surface area contributed by atoms with Crippen molar-refractivity contribution in [1.82, 2.24) is 15.3 Å². The molecule has 3 rings (SSSR count). The molecule has 1 aromatic carbocycles. The van der Waals surface area contributed by atoms with Crippen LogP contribution in [0.25, 0.3) is 10.9 Å². The minimum absolute atomic E-state index is 0.475. The lowest BCUT2D eigenvalue weighted by Gasteiger charge is -2.31. The van der Waals surface area contributed by atoms with E-state index < -0.39 is 0 Å². The van der Waals surface area contributed by atoms with Gasteiger partial charge in [-0.15, -0.1) is 0 Å². The second-order valence-corrected chi connectivity index (χ2v) is 5.11. The van der Waals surface area contributed by atoms with E-state index in [4.69, 9.17) is 11.6 Å². The number of piperazine rings is 1. The Bertz CT molecular complexity index is 572. The molecule has 18 heavy (non-hydrogen) atoms. The van der Waals surface area contributed by atoms with Crippen molar-refractivity contribution < 1.29 is 0 Å². The molecule has 1 aliphatic heterocycles. The van der Waals surface area contributed by atoms with Crippen LogP contribution in [0.4, 0.5) is 5.95 Å². The van der Waals surface area contributed by atoms with Crippen LogP contribution in [-0.2, 0) is 0 Å². The molecule has 0 radical (unpaired) electrons. The lowest BCUT2D eigenvalue weighted by Crippen LogP contribution is -2.49. The van der Waals surface area contributed by atoms with E-state index in [1.165, 1.54) is 0 Å². The molecule has 0 spiro atoms. The van der Waals surface area contributed by atoms with Gasteiger partial charge < -0.3 is 10.2 Å². The maximum absolute atomic E-state index is 5.95. The Hall–Kier alpha value is -1.39. The van der Waals surface area contributed by atoms with Gasteiger partial charge in [0.15, 0.2) is 0 Å². The number of aromatic nitrogens is 2. The lowest BCUT2D eigenvalue weighted by molar-refractivity contribution is 0.480. The van der Waals surface area contributed by atoms with Gasteiger partial charge in [-0.2, -0.15) is 0 Å². The smallest absolute Gasteiger partial charge is 0.225 e. The summed E-state index contributed by atoms with van der Waals surface area (Å²) in [6.45, 7) is 5.04. The number of anilines is 1. The number of benzene rings is 1. The first-order valence-corrected chi connectivity index (χ1v) is 6.51. The van der Waals surface area contributed by atoms with Gasteiger partial charge >= 0.3 is 0 Å². The normalized spacial score (nSPS) is 20.3. The fourth-order valence-corrected chi connectivity index (χ4v) is 2.44. The zero-order chi connectivity index (χ0) is 12.5. The molecule has 5 heteroatoms. The third-order valence-electron chi connectivity index (χ3n) is 3.18. The van der Waals surface area contributed by atoms with Gasteiger partial charge in [-0.3, -0.25) is 0 Å². The van der Waals surface area contributed by atoms with Crippen molar-refractivity contribution in [2.24, 2.45) is 0 Å². The summed E-state index contributed by atoms with van der Waals surface area (Å²) in [5.74, 6) is 0.804. The number of fused-ring (bicyclic) bond motifs is 1. The van der Waals surface area contributed by atoms with Gasteiger partial charge in [0.1, 0.15) is 0 Å². The molecule has 4 nitrogen and oxygen atoms in total. The van der Waals surface area contributed by atoms with Gasteiger partial charge in [-0.1, -0.05) is 11.6 Å². The molecule has 0 bridgehead atoms. The number of hydrogen-bond acceptors (Lipinski definition) is 4. The minimum atomic E-state index is 0.475. The second-order valence-electron chi connectivity index (χ2n) is 4.67. The summed E-state index contributed by atoms with van der Waals surface area (Å²) in [4.78, 5) is 11.3. The highest BCUT2D eigenvalue weighted by atomic mass is 35.5. The van der Waals surface area contributed by atoms with Crippen LogP contribution in [0.15, 0.2) is 24.4 Å². The zero-order valence-corrected chi connectivity index (χ0v) is 11.0. The first kappa shape index (κ1) is 11.7. The van der Waals surface area contributed by atoms with Gasteiger partial charge in [0, 0.05) is 42.3 Å². The van der Waals surface area contributed by atoms with E-state index in [1.807, 2.05) is 24.4 Å². The number of nitrogens with zero attached hydrogens (tertiary/aromatic N) is 3. The Balaban J connectivity index is 1.95. The molecule has 1 atom stereocenters. The van der Waals surface area contributed by atoms with Crippen molar-refractivity contribution >= 4 is 28.5 Å². The molecule has 0 aliphatic carbocycles. The van der Waals surface area contributed by atoms with Crippen molar-refractivity contribution in [3.05, 3.63) is 29.4 Å². The highest BCUT2D eigenvalue weighted by molar-refractivity contribution is 6.31. The van der Waals surface area contributed by atoms with Crippen LogP contribution in [0.1, 0.15) is 6.92 Å². The summed E-state index contributed by atoms with van der Waals surface area (Å²) in [7, 11) is 0. The maximum Gasteiger partial charge on any atom is 0.225 e. The van der Waals surface area contributed by atoms with Crippen LogP contribution in [0.5, 0.6) is 0 Å². The highest BCUT2D eigenvalue weighted by Gasteiger charge is 2.17. The third kappa shape index (κ3) is 2.26. The van der Waals surface area contributed by atoms with E-state index in [2.05, 4.69) is 27.1 Å². The molecule has 0 amide bonds. The monoisotopic (exact) mass is 262 g/mol. The Morgan fingerprint density at radius 3 is 3.17 bits per heavy atom. The van der Waals surface area contributed by atoms with Crippen molar-refractivity contribution in [2.45, 2.75) is 13.0 Å². The van der Waals surface area contributed by atoms with E-state index in [-0.39, 0.29) is 0 Å². The van der Waals surface area contributed by atoms with Crippen molar-refractivity contribution in [2.75, 3.05) is 24.5 Å². The molecule has 2 aromatic rings. The maximum atomic E-state index is 5.95. The Morgan fingerprint density at radius 2 is 2.33 bits per heavy atom. The predicted molar refractivity (Wildman–Crippen MR) is 74.2 cm³/mol. The molecule has 1 aliphatic rings. The molecule has 1 N–H and O–H groups in total. The fourth-order valence-electron chi connectivity index (χ4n) is 2.26. The first-order chi connectivity index (χ1) is 8.72. The van der Waals surface area contributed by atoms with Gasteiger partial charge in [0.05, 0.1) is 5.52 Å². The molecule has 0 saturated carbocycles. The molecular weight excluding hydrogens is 248 g/mol. The van der Waals surface area contributed by atoms with Crippen LogP contribution in [0, 0.1) is 0 Å². The zero-order valence-electron chi connectivity index (χ0n) is 10.2. The standard InChI is InChI=1S/C13H15ClN4/c1-9-8-18(5-4-15-9)13-16-7-10-6-11(14)2-3-12(10)17-13/h2-3,6-7,9,15H,4-5,8H2,1H3/t9-/m0/s1. The van der Waals surface area contributed by atoms with Crippen LogP contribution in [0.3, 0.4) is 0 Å². The van der Waals surface area contributed by atoms with E-state index in [0.717, 1.165) is 41.5 Å². The predicted octanol–water partition coefficient (Wildman–Crippen LogP) is 2.08. The average molecular weight is 263 g/mol. The summed E-state index contributed by atoms with van der Waals surface area (Å²) in [5, 5.41) is 5.11. The van der Waals surface area contributed by atoms with Crippen molar-refractivity contribution in [3.63, 3.8) is 0 Å². The van der Waals surface area contributed by atoms with Crippen molar-refractivity contribution in [3.8, 4) is 0 Å². The number of halogens is 1. The van der Waals surface area contributed by atoms with Crippen LogP contribution in [-0.4, -0.2) is 35.6 Å². The number of hydrogen-bond donors (Lipinski definition) is 1.